The number of hydrogen-bond acceptors (Lipinski definition) is 4. The molecule has 2 aromatic rings. The standard InChI is InChI=1S/C9H10N4/c1-2-10-9-7-5-3-4-6-8(7)11-13-12-9/h3-6H,2H2,1H3,(H,10,11,12). The Hall–Kier alpha value is -1.71. The first-order chi connectivity index (χ1) is 6.42. The molecule has 0 unspecified atom stereocenters. The Kier molecular flexibility index (Phi) is 2.04. The van der Waals surface area contributed by atoms with Crippen molar-refractivity contribution in [3.05, 3.63) is 24.3 Å². The van der Waals surface area contributed by atoms with E-state index in [4.69, 9.17) is 0 Å². The molecule has 66 valence electrons. The van der Waals surface area contributed by atoms with Crippen LogP contribution in [-0.2, 0) is 0 Å². The maximum absolute atomic E-state index is 3.92. The van der Waals surface area contributed by atoms with Crippen LogP contribution in [0.2, 0.25) is 0 Å². The fourth-order valence-electron chi connectivity index (χ4n) is 1.23. The number of rotatable bonds is 2. The zero-order chi connectivity index (χ0) is 9.10. The average molecular weight is 174 g/mol. The van der Waals surface area contributed by atoms with E-state index in [1.807, 2.05) is 31.2 Å². The molecule has 0 amide bonds. The van der Waals surface area contributed by atoms with Crippen LogP contribution in [-0.4, -0.2) is 22.0 Å². The second-order valence-electron chi connectivity index (χ2n) is 2.69. The topological polar surface area (TPSA) is 50.7 Å². The molecule has 1 aromatic carbocycles. The molecule has 0 atom stereocenters. The van der Waals surface area contributed by atoms with Gasteiger partial charge in [-0.15, -0.1) is 10.2 Å². The van der Waals surface area contributed by atoms with E-state index >= 15 is 0 Å². The molecule has 0 saturated carbocycles. The molecule has 0 saturated heterocycles. The van der Waals surface area contributed by atoms with Crippen LogP contribution in [0.15, 0.2) is 24.3 Å². The lowest BCUT2D eigenvalue weighted by Gasteiger charge is -2.03. The van der Waals surface area contributed by atoms with E-state index in [0.717, 1.165) is 23.3 Å². The lowest BCUT2D eigenvalue weighted by molar-refractivity contribution is 0.893. The second-order valence-corrected chi connectivity index (χ2v) is 2.69. The molecule has 0 bridgehead atoms. The highest BCUT2D eigenvalue weighted by atomic mass is 15.3. The predicted molar refractivity (Wildman–Crippen MR) is 51.5 cm³/mol. The van der Waals surface area contributed by atoms with E-state index in [1.165, 1.54) is 0 Å². The van der Waals surface area contributed by atoms with Crippen molar-refractivity contribution >= 4 is 16.7 Å². The number of nitrogens with zero attached hydrogens (tertiary/aromatic N) is 3. The third kappa shape index (κ3) is 1.42. The van der Waals surface area contributed by atoms with Crippen molar-refractivity contribution in [2.45, 2.75) is 6.92 Å². The molecule has 0 aliphatic heterocycles. The summed E-state index contributed by atoms with van der Waals surface area (Å²) in [6.45, 7) is 2.86. The molecular formula is C9H10N4. The molecule has 0 aliphatic rings. The molecule has 0 aliphatic carbocycles. The summed E-state index contributed by atoms with van der Waals surface area (Å²) in [6.07, 6.45) is 0. The van der Waals surface area contributed by atoms with Crippen LogP contribution in [0.4, 0.5) is 5.82 Å². The molecule has 0 radical (unpaired) electrons. The Morgan fingerprint density at radius 1 is 1.23 bits per heavy atom. The maximum Gasteiger partial charge on any atom is 0.159 e. The summed E-state index contributed by atoms with van der Waals surface area (Å²) in [5, 5.41) is 15.7. The van der Waals surface area contributed by atoms with Crippen molar-refractivity contribution in [1.29, 1.82) is 0 Å². The third-order valence-corrected chi connectivity index (χ3v) is 1.80. The van der Waals surface area contributed by atoms with Gasteiger partial charge in [-0.3, -0.25) is 0 Å². The Morgan fingerprint density at radius 3 is 2.92 bits per heavy atom. The SMILES string of the molecule is CCNc1nnnc2ccccc12. The smallest absolute Gasteiger partial charge is 0.159 e. The van der Waals surface area contributed by atoms with E-state index in [1.54, 1.807) is 0 Å². The number of hydrogen-bond donors (Lipinski definition) is 1. The van der Waals surface area contributed by atoms with E-state index in [2.05, 4.69) is 20.7 Å². The molecule has 4 nitrogen and oxygen atoms in total. The Morgan fingerprint density at radius 2 is 2.08 bits per heavy atom. The molecule has 1 heterocycles. The van der Waals surface area contributed by atoms with Crippen LogP contribution < -0.4 is 5.32 Å². The molecule has 4 heteroatoms. The number of anilines is 1. The lowest BCUT2D eigenvalue weighted by Crippen LogP contribution is -2.02. The minimum atomic E-state index is 0.799. The lowest BCUT2D eigenvalue weighted by atomic mass is 10.2. The predicted octanol–water partition coefficient (Wildman–Crippen LogP) is 1.46. The zero-order valence-corrected chi connectivity index (χ0v) is 7.36. The van der Waals surface area contributed by atoms with Gasteiger partial charge >= 0.3 is 0 Å². The first kappa shape index (κ1) is 7.91. The number of benzene rings is 1. The molecule has 1 N–H and O–H groups in total. The number of fused-ring (bicyclic) bond motifs is 1. The van der Waals surface area contributed by atoms with Gasteiger partial charge in [0.05, 0.1) is 5.52 Å². The van der Waals surface area contributed by atoms with Gasteiger partial charge in [-0.25, -0.2) is 0 Å². The minimum Gasteiger partial charge on any atom is -0.368 e. The number of nitrogens with one attached hydrogen (secondary N) is 1. The van der Waals surface area contributed by atoms with E-state index in [9.17, 15) is 0 Å². The van der Waals surface area contributed by atoms with Crippen molar-refractivity contribution in [2.75, 3.05) is 11.9 Å². The summed E-state index contributed by atoms with van der Waals surface area (Å²) < 4.78 is 0. The van der Waals surface area contributed by atoms with Crippen molar-refractivity contribution in [3.8, 4) is 0 Å². The second kappa shape index (κ2) is 3.35. The first-order valence-electron chi connectivity index (χ1n) is 4.24. The van der Waals surface area contributed by atoms with Gasteiger partial charge in [0, 0.05) is 11.9 Å². The monoisotopic (exact) mass is 174 g/mol. The minimum absolute atomic E-state index is 0.799. The zero-order valence-electron chi connectivity index (χ0n) is 7.36. The van der Waals surface area contributed by atoms with Crippen LogP contribution in [0.1, 0.15) is 6.92 Å². The first-order valence-corrected chi connectivity index (χ1v) is 4.24. The summed E-state index contributed by atoms with van der Waals surface area (Å²) in [7, 11) is 0. The average Bonchev–Trinajstić information content (AvgIpc) is 2.19. The Bertz CT molecular complexity index is 408. The van der Waals surface area contributed by atoms with Gasteiger partial charge in [0.1, 0.15) is 0 Å². The van der Waals surface area contributed by atoms with E-state index in [0.29, 0.717) is 0 Å². The quantitative estimate of drug-likeness (QED) is 0.748. The van der Waals surface area contributed by atoms with Crippen molar-refractivity contribution < 1.29 is 0 Å². The maximum atomic E-state index is 3.92. The van der Waals surface area contributed by atoms with Crippen LogP contribution in [0, 0.1) is 0 Å². The number of aromatic nitrogens is 3. The molecule has 1 aromatic heterocycles. The van der Waals surface area contributed by atoms with Gasteiger partial charge in [-0.1, -0.05) is 12.1 Å². The summed E-state index contributed by atoms with van der Waals surface area (Å²) >= 11 is 0. The summed E-state index contributed by atoms with van der Waals surface area (Å²) in [6, 6.07) is 7.80. The Balaban J connectivity index is 2.61. The highest BCUT2D eigenvalue weighted by molar-refractivity contribution is 5.88. The van der Waals surface area contributed by atoms with Gasteiger partial charge in [0.25, 0.3) is 0 Å². The summed E-state index contributed by atoms with van der Waals surface area (Å²) in [5.41, 5.74) is 0.869. The van der Waals surface area contributed by atoms with Gasteiger partial charge in [-0.2, -0.15) is 0 Å². The van der Waals surface area contributed by atoms with Crippen LogP contribution >= 0.6 is 0 Å². The normalized spacial score (nSPS) is 10.2. The van der Waals surface area contributed by atoms with Crippen LogP contribution in [0.25, 0.3) is 10.9 Å². The van der Waals surface area contributed by atoms with E-state index in [-0.39, 0.29) is 0 Å². The summed E-state index contributed by atoms with van der Waals surface area (Å²) in [5.74, 6) is 0.799. The molecule has 0 spiro atoms. The highest BCUT2D eigenvalue weighted by Crippen LogP contribution is 2.16. The van der Waals surface area contributed by atoms with Gasteiger partial charge in [0.2, 0.25) is 0 Å². The Labute approximate surface area is 76.0 Å². The molecule has 0 fully saturated rings. The third-order valence-electron chi connectivity index (χ3n) is 1.80. The molecular weight excluding hydrogens is 164 g/mol. The fraction of sp³-hybridized carbons (Fsp3) is 0.222. The van der Waals surface area contributed by atoms with Gasteiger partial charge < -0.3 is 5.32 Å². The molecule has 2 rings (SSSR count). The van der Waals surface area contributed by atoms with Crippen molar-refractivity contribution in [2.24, 2.45) is 0 Å². The van der Waals surface area contributed by atoms with E-state index < -0.39 is 0 Å². The molecule has 13 heavy (non-hydrogen) atoms. The summed E-state index contributed by atoms with van der Waals surface area (Å²) in [4.78, 5) is 0. The largest absolute Gasteiger partial charge is 0.368 e. The van der Waals surface area contributed by atoms with Crippen LogP contribution in [0.5, 0.6) is 0 Å². The van der Waals surface area contributed by atoms with Gasteiger partial charge in [0.15, 0.2) is 5.82 Å². The van der Waals surface area contributed by atoms with Crippen molar-refractivity contribution in [1.82, 2.24) is 15.4 Å². The van der Waals surface area contributed by atoms with Crippen molar-refractivity contribution in [3.63, 3.8) is 0 Å². The highest BCUT2D eigenvalue weighted by Gasteiger charge is 2.00. The fourth-order valence-corrected chi connectivity index (χ4v) is 1.23. The van der Waals surface area contributed by atoms with Crippen LogP contribution in [0.3, 0.4) is 0 Å². The van der Waals surface area contributed by atoms with Gasteiger partial charge in [-0.05, 0) is 24.3 Å².